The first-order chi connectivity index (χ1) is 35.5. The molecule has 3 aromatic rings. The van der Waals surface area contributed by atoms with Crippen molar-refractivity contribution in [3.05, 3.63) is 115 Å². The first-order valence-corrected chi connectivity index (χ1v) is 27.1. The van der Waals surface area contributed by atoms with Gasteiger partial charge in [0.1, 0.15) is 18.2 Å². The number of hydrogen-bond acceptors (Lipinski definition) is 20. The minimum atomic E-state index is -4.16. The summed E-state index contributed by atoms with van der Waals surface area (Å²) in [6.45, 7) is 4.22. The maximum atomic E-state index is 16.2. The van der Waals surface area contributed by atoms with Crippen molar-refractivity contribution in [2.24, 2.45) is 5.73 Å². The number of phosphoric acid groups is 2. The molecule has 5 aliphatic rings. The summed E-state index contributed by atoms with van der Waals surface area (Å²) in [6.07, 6.45) is -7.84. The standard InChI is InChI=1S/C23H28ClFN3O9P.C23H26ClFNO10P/c1-3-15(26)20(30)36-19-17(35-21(23(19,2)25)28-9-7-18(29)27-22(28)31)12-34-38(32)33-10-8-16(37-38)13-5-4-6-14(24)11-13;1-3-31-22(29)35-20-18(34-21(23(20,2)25)26-9-7-16(27)12-19(26)28)13-33-37(30)32-10-8-17(36-37)14-5-4-6-15(24)11-14/h4-7,9,11,15-17,19,21H,3,8,10,12,26H2,1-2H3,(H,27,29,31);4-7,9,11,17-18,20-21H,3,8,10,12-13H2,1-2H3/t15-,16-,17+,19+,21+,23+,38+;17-,18+,20+,21+,23+,37+/m00/s1. The van der Waals surface area contributed by atoms with E-state index in [1.165, 1.54) is 0 Å². The number of esters is 1. The molecule has 6 heterocycles. The summed E-state index contributed by atoms with van der Waals surface area (Å²) in [5.74, 6) is -2.05. The second kappa shape index (κ2) is 24.3. The van der Waals surface area contributed by atoms with Gasteiger partial charge in [-0.3, -0.25) is 60.8 Å². The minimum Gasteiger partial charge on any atom is -0.455 e. The summed E-state index contributed by atoms with van der Waals surface area (Å²) in [6, 6.07) is 13.6. The van der Waals surface area contributed by atoms with Gasteiger partial charge < -0.3 is 29.4 Å². The number of aromatic amines is 1. The molecule has 23 nitrogen and oxygen atoms in total. The fourth-order valence-corrected chi connectivity index (χ4v) is 11.6. The molecule has 4 fully saturated rings. The van der Waals surface area contributed by atoms with E-state index in [1.807, 2.05) is 4.98 Å². The number of ether oxygens (including phenoxy) is 5. The maximum Gasteiger partial charge on any atom is 0.508 e. The molecule has 13 atom stereocenters. The molecule has 3 N–H and O–H groups in total. The number of carbonyl (C=O) groups is 4. The van der Waals surface area contributed by atoms with Crippen molar-refractivity contribution in [2.75, 3.05) is 33.0 Å². The molecule has 29 heteroatoms. The predicted octanol–water partition coefficient (Wildman–Crippen LogP) is 7.02. The van der Waals surface area contributed by atoms with Crippen LogP contribution >= 0.6 is 38.8 Å². The van der Waals surface area contributed by atoms with E-state index in [0.717, 1.165) is 47.9 Å². The lowest BCUT2D eigenvalue weighted by molar-refractivity contribution is -0.160. The number of nitrogens with one attached hydrogen (secondary N) is 1. The Kier molecular flexibility index (Phi) is 18.8. The van der Waals surface area contributed by atoms with Crippen LogP contribution in [0.1, 0.15) is 82.9 Å². The predicted molar refractivity (Wildman–Crippen MR) is 257 cm³/mol. The number of aromatic nitrogens is 2. The van der Waals surface area contributed by atoms with E-state index >= 15 is 8.78 Å². The molecule has 75 heavy (non-hydrogen) atoms. The molecule has 0 unspecified atom stereocenters. The van der Waals surface area contributed by atoms with Gasteiger partial charge in [0.2, 0.25) is 5.91 Å². The number of phosphoric ester groups is 2. The largest absolute Gasteiger partial charge is 0.508 e. The van der Waals surface area contributed by atoms with Crippen molar-refractivity contribution in [3.8, 4) is 0 Å². The normalized spacial score (nSPS) is 33.1. The Labute approximate surface area is 437 Å². The van der Waals surface area contributed by atoms with E-state index in [-0.39, 0.29) is 26.2 Å². The van der Waals surface area contributed by atoms with Crippen LogP contribution in [-0.4, -0.2) is 119 Å². The Morgan fingerprint density at radius 2 is 1.36 bits per heavy atom. The zero-order valence-electron chi connectivity index (χ0n) is 40.6. The summed E-state index contributed by atoms with van der Waals surface area (Å²) in [4.78, 5) is 75.3. The van der Waals surface area contributed by atoms with E-state index in [2.05, 4.69) is 0 Å². The van der Waals surface area contributed by atoms with Gasteiger partial charge in [-0.05, 0) is 68.7 Å². The molecule has 0 bridgehead atoms. The van der Waals surface area contributed by atoms with Crippen LogP contribution in [0.4, 0.5) is 13.6 Å². The van der Waals surface area contributed by atoms with Crippen LogP contribution < -0.4 is 17.0 Å². The molecular formula is C46H54Cl2F2N4O19P2. The Morgan fingerprint density at radius 3 is 1.87 bits per heavy atom. The van der Waals surface area contributed by atoms with Crippen LogP contribution in [0.3, 0.4) is 0 Å². The van der Waals surface area contributed by atoms with Gasteiger partial charge in [-0.2, -0.15) is 0 Å². The first-order valence-electron chi connectivity index (χ1n) is 23.4. The topological polar surface area (TPSA) is 288 Å². The third-order valence-corrected chi connectivity index (χ3v) is 15.7. The number of alkyl halides is 2. The summed E-state index contributed by atoms with van der Waals surface area (Å²) in [7, 11) is -8.31. The number of carbonyl (C=O) groups excluding carboxylic acids is 4. The molecule has 0 spiro atoms. The number of H-pyrrole nitrogens is 1. The zero-order chi connectivity index (χ0) is 54.5. The average Bonchev–Trinajstić information content (AvgIpc) is 3.75. The lowest BCUT2D eigenvalue weighted by Gasteiger charge is -2.33. The summed E-state index contributed by atoms with van der Waals surface area (Å²) in [5, 5.41) is 0.936. The number of allylic oxidation sites excluding steroid dienone is 1. The van der Waals surface area contributed by atoms with Crippen LogP contribution in [-0.2, 0) is 74.3 Å². The lowest BCUT2D eigenvalue weighted by atomic mass is 9.97. The van der Waals surface area contributed by atoms with Gasteiger partial charge in [0.05, 0.1) is 51.7 Å². The van der Waals surface area contributed by atoms with E-state index in [0.29, 0.717) is 34.0 Å². The van der Waals surface area contributed by atoms with Gasteiger partial charge in [0.15, 0.2) is 41.8 Å². The van der Waals surface area contributed by atoms with Gasteiger partial charge in [0, 0.05) is 41.4 Å². The summed E-state index contributed by atoms with van der Waals surface area (Å²) in [5.41, 5.74) is 0.483. The van der Waals surface area contributed by atoms with Crippen LogP contribution in [0, 0.1) is 0 Å². The smallest absolute Gasteiger partial charge is 0.455 e. The fraction of sp³-hybridized carbons (Fsp3) is 0.522. The van der Waals surface area contributed by atoms with E-state index in [1.54, 1.807) is 62.4 Å². The monoisotopic (exact) mass is 1140 g/mol. The second-order valence-electron chi connectivity index (χ2n) is 17.8. The van der Waals surface area contributed by atoms with Crippen LogP contribution in [0.15, 0.2) is 82.7 Å². The Bertz CT molecular complexity index is 2840. The van der Waals surface area contributed by atoms with Gasteiger partial charge in [0.25, 0.3) is 5.56 Å². The van der Waals surface area contributed by atoms with E-state index in [4.69, 9.17) is 79.8 Å². The van der Waals surface area contributed by atoms with Gasteiger partial charge >= 0.3 is 33.5 Å². The Balaban J connectivity index is 0.000000219. The van der Waals surface area contributed by atoms with E-state index < -0.39 is 137 Å². The molecule has 2 aromatic carbocycles. The molecule has 5 aliphatic heterocycles. The highest BCUT2D eigenvalue weighted by atomic mass is 35.5. The molecule has 0 aliphatic carbocycles. The highest BCUT2D eigenvalue weighted by Gasteiger charge is 2.61. The molecule has 410 valence electrons. The third-order valence-electron chi connectivity index (χ3n) is 12.2. The number of nitrogens with zero attached hydrogens (tertiary/aromatic N) is 2. The number of halogens is 4. The molecule has 0 radical (unpaired) electrons. The van der Waals surface area contributed by atoms with E-state index in [9.17, 15) is 37.9 Å². The number of benzene rings is 2. The number of rotatable bonds is 15. The molecule has 1 amide bonds. The minimum absolute atomic E-state index is 0.0305. The third kappa shape index (κ3) is 13.9. The van der Waals surface area contributed by atoms with Crippen molar-refractivity contribution in [1.29, 1.82) is 0 Å². The van der Waals surface area contributed by atoms with Gasteiger partial charge in [-0.15, -0.1) is 0 Å². The molecule has 8 rings (SSSR count). The molecular weight excluding hydrogens is 1080 g/mol. The van der Waals surface area contributed by atoms with Crippen LogP contribution in [0.2, 0.25) is 10.0 Å². The van der Waals surface area contributed by atoms with Crippen molar-refractivity contribution in [3.63, 3.8) is 0 Å². The number of nitrogens with two attached hydrogens (primary N) is 1. The second-order valence-corrected chi connectivity index (χ2v) is 21.9. The van der Waals surface area contributed by atoms with Gasteiger partial charge in [-0.25, -0.2) is 27.5 Å². The van der Waals surface area contributed by atoms with Crippen LogP contribution in [0.25, 0.3) is 0 Å². The highest BCUT2D eigenvalue weighted by Crippen LogP contribution is 2.59. The number of hydrogen-bond donors (Lipinski definition) is 2. The van der Waals surface area contributed by atoms with Gasteiger partial charge in [-0.1, -0.05) is 54.4 Å². The fourth-order valence-electron chi connectivity index (χ4n) is 8.41. The van der Waals surface area contributed by atoms with Crippen LogP contribution in [0.5, 0.6) is 0 Å². The average molecular weight is 1140 g/mol. The number of amides is 1. The maximum absolute atomic E-state index is 16.2. The number of ketones is 1. The van der Waals surface area contributed by atoms with Crippen molar-refractivity contribution >= 4 is 62.7 Å². The molecule has 1 aromatic heterocycles. The van der Waals surface area contributed by atoms with Crippen molar-refractivity contribution in [2.45, 2.75) is 120 Å². The SMILES string of the molecule is CCOC(=O)O[C@@H]1[C@@H](CO[P@@]2(=O)OCC[C@@H](c3cccc(Cl)c3)O2)O[C@@H](N2C=CC(=O)CC2=O)[C@]1(C)F.CC[C@H](N)C(=O)O[C@@H]1[C@@H](CO[P@@]2(=O)OCC[C@@H](c3cccc(Cl)c3)O2)O[C@@H](n2ccc(=O)[nH]c2=O)[C@]1(C)F. The Morgan fingerprint density at radius 1 is 0.827 bits per heavy atom. The molecule has 0 saturated carbocycles. The van der Waals surface area contributed by atoms with Crippen molar-refractivity contribution in [1.82, 2.24) is 14.5 Å². The zero-order valence-corrected chi connectivity index (χ0v) is 43.9. The lowest BCUT2D eigenvalue weighted by Crippen LogP contribution is -2.52. The summed E-state index contributed by atoms with van der Waals surface area (Å²) < 4.78 is 119. The first kappa shape index (κ1) is 58.0. The quantitative estimate of drug-likeness (QED) is 0.0878. The van der Waals surface area contributed by atoms with Crippen molar-refractivity contribution < 1.29 is 87.9 Å². The summed E-state index contributed by atoms with van der Waals surface area (Å²) >= 11 is 12.1. The molecule has 4 saturated heterocycles. The highest BCUT2D eigenvalue weighted by molar-refractivity contribution is 7.48. The Hall–Kier alpha value is -4.72.